The van der Waals surface area contributed by atoms with E-state index in [1.807, 2.05) is 0 Å². The van der Waals surface area contributed by atoms with Crippen LogP contribution in [0.5, 0.6) is 0 Å². The number of aromatic nitrogens is 4. The molecule has 0 bridgehead atoms. The van der Waals surface area contributed by atoms with Crippen molar-refractivity contribution >= 4 is 19.9 Å². The Labute approximate surface area is 127 Å². The summed E-state index contributed by atoms with van der Waals surface area (Å²) in [6, 6.07) is -0.577. The number of sulfone groups is 1. The monoisotopic (exact) mass is 345 g/mol. The summed E-state index contributed by atoms with van der Waals surface area (Å²) in [7, 11) is -7.22. The summed E-state index contributed by atoms with van der Waals surface area (Å²) in [5, 5.41) is 12.5. The van der Waals surface area contributed by atoms with Crippen LogP contribution < -0.4 is 0 Å². The Balaban J connectivity index is 2.04. The smallest absolute Gasteiger partial charge is 0.246 e. The molecule has 0 saturated carbocycles. The normalized spacial score (nSPS) is 20.5. The summed E-state index contributed by atoms with van der Waals surface area (Å²) in [5.41, 5.74) is 0.312. The zero-order chi connectivity index (χ0) is 16.0. The van der Waals surface area contributed by atoms with E-state index in [1.165, 1.54) is 22.9 Å². The van der Waals surface area contributed by atoms with E-state index < -0.39 is 25.9 Å². The lowest BCUT2D eigenvalue weighted by Crippen LogP contribution is -2.31. The Bertz CT molecular complexity index is 869. The molecule has 120 valence electrons. The van der Waals surface area contributed by atoms with Crippen molar-refractivity contribution in [2.24, 2.45) is 0 Å². The molecular formula is C11H15N5O4S2. The third-order valence-electron chi connectivity index (χ3n) is 3.65. The zero-order valence-corrected chi connectivity index (χ0v) is 13.4. The van der Waals surface area contributed by atoms with E-state index in [2.05, 4.69) is 20.4 Å². The summed E-state index contributed by atoms with van der Waals surface area (Å²) < 4.78 is 50.2. The first-order valence-electron chi connectivity index (χ1n) is 6.56. The molecule has 22 heavy (non-hydrogen) atoms. The van der Waals surface area contributed by atoms with Crippen molar-refractivity contribution < 1.29 is 16.8 Å². The minimum Gasteiger partial charge on any atom is -0.284 e. The third kappa shape index (κ3) is 2.44. The fourth-order valence-electron chi connectivity index (χ4n) is 2.65. The quantitative estimate of drug-likeness (QED) is 0.806. The number of sulfonamides is 1. The van der Waals surface area contributed by atoms with Crippen LogP contribution in [0.3, 0.4) is 0 Å². The Morgan fingerprint density at radius 3 is 2.64 bits per heavy atom. The van der Waals surface area contributed by atoms with Gasteiger partial charge in [-0.25, -0.2) is 16.8 Å². The van der Waals surface area contributed by atoms with Crippen molar-refractivity contribution in [2.75, 3.05) is 12.8 Å². The lowest BCUT2D eigenvalue weighted by atomic mass is 10.2. The molecule has 1 aliphatic rings. The van der Waals surface area contributed by atoms with Crippen molar-refractivity contribution in [3.8, 4) is 0 Å². The Kier molecular flexibility index (Phi) is 3.57. The molecule has 2 aromatic rings. The van der Waals surface area contributed by atoms with Crippen molar-refractivity contribution in [3.63, 3.8) is 0 Å². The Morgan fingerprint density at radius 2 is 2.00 bits per heavy atom. The van der Waals surface area contributed by atoms with E-state index in [9.17, 15) is 16.8 Å². The first-order chi connectivity index (χ1) is 10.3. The Morgan fingerprint density at radius 1 is 1.23 bits per heavy atom. The molecule has 1 atom stereocenters. The highest BCUT2D eigenvalue weighted by molar-refractivity contribution is 7.90. The molecule has 0 radical (unpaired) electrons. The molecule has 0 amide bonds. The van der Waals surface area contributed by atoms with Gasteiger partial charge in [0.05, 0.1) is 24.1 Å². The van der Waals surface area contributed by atoms with Crippen molar-refractivity contribution in [3.05, 3.63) is 24.3 Å². The van der Waals surface area contributed by atoms with Gasteiger partial charge in [-0.2, -0.15) is 14.5 Å². The minimum atomic E-state index is -3.74. The van der Waals surface area contributed by atoms with Crippen LogP contribution in [0.1, 0.15) is 24.6 Å². The number of hydrogen-bond donors (Lipinski definition) is 2. The highest BCUT2D eigenvalue weighted by Crippen LogP contribution is 2.37. The number of aromatic amines is 2. The fourth-order valence-corrected chi connectivity index (χ4v) is 5.05. The van der Waals surface area contributed by atoms with Gasteiger partial charge in [0.2, 0.25) is 10.0 Å². The van der Waals surface area contributed by atoms with E-state index in [0.717, 1.165) is 6.26 Å². The second-order valence-electron chi connectivity index (χ2n) is 5.13. The predicted octanol–water partition coefficient (Wildman–Crippen LogP) is 0.0621. The molecule has 3 rings (SSSR count). The van der Waals surface area contributed by atoms with Gasteiger partial charge in [0.1, 0.15) is 9.79 Å². The summed E-state index contributed by atoms with van der Waals surface area (Å²) in [6.07, 6.45) is 5.99. The molecule has 3 heterocycles. The molecule has 0 spiro atoms. The molecular weight excluding hydrogens is 330 g/mol. The molecule has 1 aliphatic heterocycles. The van der Waals surface area contributed by atoms with Crippen LogP contribution in [0.15, 0.2) is 28.4 Å². The predicted molar refractivity (Wildman–Crippen MR) is 76.2 cm³/mol. The lowest BCUT2D eigenvalue weighted by Gasteiger charge is -2.23. The van der Waals surface area contributed by atoms with Crippen LogP contribution in [0.25, 0.3) is 0 Å². The van der Waals surface area contributed by atoms with Crippen LogP contribution in [0.2, 0.25) is 0 Å². The molecule has 1 saturated heterocycles. The van der Waals surface area contributed by atoms with E-state index >= 15 is 0 Å². The number of nitrogens with zero attached hydrogens (tertiary/aromatic N) is 3. The number of H-pyrrole nitrogens is 2. The van der Waals surface area contributed by atoms with Gasteiger partial charge in [-0.15, -0.1) is 0 Å². The fraction of sp³-hybridized carbons (Fsp3) is 0.455. The number of nitrogens with one attached hydrogen (secondary N) is 2. The van der Waals surface area contributed by atoms with E-state index in [-0.39, 0.29) is 9.79 Å². The van der Waals surface area contributed by atoms with E-state index in [4.69, 9.17) is 0 Å². The maximum absolute atomic E-state index is 12.6. The van der Waals surface area contributed by atoms with Gasteiger partial charge in [0.15, 0.2) is 9.84 Å². The highest BCUT2D eigenvalue weighted by Gasteiger charge is 2.39. The van der Waals surface area contributed by atoms with Crippen molar-refractivity contribution in [2.45, 2.75) is 28.7 Å². The molecule has 0 aromatic carbocycles. The van der Waals surface area contributed by atoms with Gasteiger partial charge >= 0.3 is 0 Å². The average molecular weight is 345 g/mol. The molecule has 11 heteroatoms. The second kappa shape index (κ2) is 5.18. The summed E-state index contributed by atoms with van der Waals surface area (Å²) in [4.78, 5) is 0.0895. The van der Waals surface area contributed by atoms with Gasteiger partial charge in [-0.3, -0.25) is 10.2 Å². The standard InChI is InChI=1S/C11H15N5O4S2/c1-21(17,18)10-7-14-15-11(10)9-3-2-4-16(9)22(19,20)8-5-12-13-6-8/h5-7,9H,2-4H2,1H3,(H,12,13)(H,14,15). The third-order valence-corrected chi connectivity index (χ3v) is 6.65. The van der Waals surface area contributed by atoms with Crippen LogP contribution in [0, 0.1) is 0 Å². The molecule has 9 nitrogen and oxygen atoms in total. The minimum absolute atomic E-state index is 0.0341. The van der Waals surface area contributed by atoms with E-state index in [0.29, 0.717) is 25.1 Å². The molecule has 2 aromatic heterocycles. The van der Waals surface area contributed by atoms with Gasteiger partial charge < -0.3 is 0 Å². The largest absolute Gasteiger partial charge is 0.284 e. The van der Waals surface area contributed by atoms with Gasteiger partial charge in [-0.1, -0.05) is 0 Å². The van der Waals surface area contributed by atoms with E-state index in [1.54, 1.807) is 0 Å². The van der Waals surface area contributed by atoms with Crippen LogP contribution in [-0.2, 0) is 19.9 Å². The van der Waals surface area contributed by atoms with Gasteiger partial charge in [0.25, 0.3) is 0 Å². The molecule has 1 fully saturated rings. The van der Waals surface area contributed by atoms with Gasteiger partial charge in [-0.05, 0) is 12.8 Å². The first kappa shape index (κ1) is 15.2. The van der Waals surface area contributed by atoms with Crippen LogP contribution in [-0.4, -0.2) is 54.3 Å². The molecule has 0 aliphatic carbocycles. The second-order valence-corrected chi connectivity index (χ2v) is 9.00. The van der Waals surface area contributed by atoms with Gasteiger partial charge in [0, 0.05) is 19.0 Å². The lowest BCUT2D eigenvalue weighted by molar-refractivity contribution is 0.386. The average Bonchev–Trinajstić information content (AvgIpc) is 3.18. The summed E-state index contributed by atoms with van der Waals surface area (Å²) in [6.45, 7) is 0.320. The summed E-state index contributed by atoms with van der Waals surface area (Å²) in [5.74, 6) is 0. The Hall–Kier alpha value is -1.72. The SMILES string of the molecule is CS(=O)(=O)c1cn[nH]c1C1CCCN1S(=O)(=O)c1cn[nH]c1. The maximum Gasteiger partial charge on any atom is 0.246 e. The van der Waals surface area contributed by atoms with Crippen LogP contribution in [0.4, 0.5) is 0 Å². The van der Waals surface area contributed by atoms with Crippen molar-refractivity contribution in [1.82, 2.24) is 24.7 Å². The summed E-state index contributed by atoms with van der Waals surface area (Å²) >= 11 is 0. The highest BCUT2D eigenvalue weighted by atomic mass is 32.2. The topological polar surface area (TPSA) is 129 Å². The molecule has 2 N–H and O–H groups in total. The number of rotatable bonds is 4. The van der Waals surface area contributed by atoms with Crippen molar-refractivity contribution in [1.29, 1.82) is 0 Å². The first-order valence-corrected chi connectivity index (χ1v) is 9.89. The molecule has 1 unspecified atom stereocenters. The van der Waals surface area contributed by atoms with Crippen LogP contribution >= 0.6 is 0 Å². The maximum atomic E-state index is 12.6. The zero-order valence-electron chi connectivity index (χ0n) is 11.7. The number of hydrogen-bond acceptors (Lipinski definition) is 6.